The number of benzene rings is 2. The first-order valence-corrected chi connectivity index (χ1v) is 10.5. The molecule has 2 aromatic rings. The molecule has 0 fully saturated rings. The summed E-state index contributed by atoms with van der Waals surface area (Å²) in [5, 5.41) is 2.95. The smallest absolute Gasteiger partial charge is 0.256 e. The molecule has 3 nitrogen and oxygen atoms in total. The van der Waals surface area contributed by atoms with E-state index in [9.17, 15) is 4.79 Å². The molecule has 0 saturated heterocycles. The monoisotopic (exact) mass is 495 g/mol. The number of methoxy groups -OCH3 is 1. The first-order valence-electron chi connectivity index (χ1n) is 8.85. The van der Waals surface area contributed by atoms with Gasteiger partial charge in [0.2, 0.25) is 0 Å². The van der Waals surface area contributed by atoms with E-state index in [0.717, 1.165) is 43.7 Å². The standard InChI is InChI=1S/C22H23ClINO2/c1-22(2,3)17-11-14(12-18(24)20(17)27-4)10-16-15-9-13(7-8-23)5-6-19(15)25-21(16)26/h5-6,9-12H,7-8H2,1-4H3,(H,25,26). The lowest BCUT2D eigenvalue weighted by atomic mass is 9.85. The van der Waals surface area contributed by atoms with Gasteiger partial charge in [-0.3, -0.25) is 4.79 Å². The molecule has 5 heteroatoms. The van der Waals surface area contributed by atoms with E-state index in [4.69, 9.17) is 16.3 Å². The molecule has 1 heterocycles. The number of alkyl halides is 1. The Hall–Kier alpha value is -1.53. The predicted molar refractivity (Wildman–Crippen MR) is 122 cm³/mol. The molecular formula is C22H23ClINO2. The number of amides is 1. The van der Waals surface area contributed by atoms with Gasteiger partial charge in [0.05, 0.1) is 10.7 Å². The lowest BCUT2D eigenvalue weighted by Gasteiger charge is -2.23. The second-order valence-electron chi connectivity index (χ2n) is 7.66. The van der Waals surface area contributed by atoms with Gasteiger partial charge < -0.3 is 10.1 Å². The third kappa shape index (κ3) is 4.16. The van der Waals surface area contributed by atoms with Crippen molar-refractivity contribution in [2.75, 3.05) is 18.3 Å². The molecule has 0 saturated carbocycles. The van der Waals surface area contributed by atoms with Crippen molar-refractivity contribution < 1.29 is 9.53 Å². The summed E-state index contributed by atoms with van der Waals surface area (Å²) in [6.07, 6.45) is 2.74. The zero-order chi connectivity index (χ0) is 19.8. The van der Waals surface area contributed by atoms with Gasteiger partial charge in [0.25, 0.3) is 5.91 Å². The Morgan fingerprint density at radius 2 is 1.96 bits per heavy atom. The Bertz CT molecular complexity index is 929. The molecule has 0 bridgehead atoms. The first kappa shape index (κ1) is 20.2. The van der Waals surface area contributed by atoms with Gasteiger partial charge in [-0.15, -0.1) is 11.6 Å². The predicted octanol–water partition coefficient (Wildman–Crippen LogP) is 5.87. The van der Waals surface area contributed by atoms with Gasteiger partial charge in [-0.05, 0) is 75.9 Å². The molecule has 0 radical (unpaired) electrons. The van der Waals surface area contributed by atoms with E-state index < -0.39 is 0 Å². The number of rotatable bonds is 4. The van der Waals surface area contributed by atoms with Crippen LogP contribution >= 0.6 is 34.2 Å². The highest BCUT2D eigenvalue weighted by Gasteiger charge is 2.26. The van der Waals surface area contributed by atoms with Crippen LogP contribution in [0.25, 0.3) is 11.6 Å². The average molecular weight is 496 g/mol. The summed E-state index contributed by atoms with van der Waals surface area (Å²) in [6.45, 7) is 6.48. The Morgan fingerprint density at radius 3 is 2.59 bits per heavy atom. The number of fused-ring (bicyclic) bond motifs is 1. The molecule has 0 unspecified atom stereocenters. The first-order chi connectivity index (χ1) is 12.7. The fraction of sp³-hybridized carbons (Fsp3) is 0.318. The molecule has 1 N–H and O–H groups in total. The van der Waals surface area contributed by atoms with Crippen molar-refractivity contribution in [2.24, 2.45) is 0 Å². The maximum absolute atomic E-state index is 12.6. The number of ether oxygens (including phenoxy) is 1. The van der Waals surface area contributed by atoms with E-state index in [1.165, 1.54) is 0 Å². The van der Waals surface area contributed by atoms with E-state index in [1.54, 1.807) is 7.11 Å². The summed E-state index contributed by atoms with van der Waals surface area (Å²) < 4.78 is 6.66. The fourth-order valence-corrected chi connectivity index (χ4v) is 4.36. The third-order valence-electron chi connectivity index (χ3n) is 4.64. The molecule has 3 rings (SSSR count). The molecule has 0 aliphatic carbocycles. The molecule has 1 aliphatic heterocycles. The van der Waals surface area contributed by atoms with Crippen LogP contribution in [0.4, 0.5) is 5.69 Å². The maximum Gasteiger partial charge on any atom is 0.256 e. The Kier molecular flexibility index (Phi) is 5.87. The van der Waals surface area contributed by atoms with Crippen LogP contribution in [0.2, 0.25) is 0 Å². The van der Waals surface area contributed by atoms with Crippen molar-refractivity contribution in [3.05, 3.63) is 56.2 Å². The molecular weight excluding hydrogens is 473 g/mol. The van der Waals surface area contributed by atoms with Crippen LogP contribution < -0.4 is 10.1 Å². The van der Waals surface area contributed by atoms with Crippen molar-refractivity contribution in [1.82, 2.24) is 0 Å². The highest BCUT2D eigenvalue weighted by atomic mass is 127. The number of carbonyl (C=O) groups excluding carboxylic acids is 1. The number of nitrogens with one attached hydrogen (secondary N) is 1. The summed E-state index contributed by atoms with van der Waals surface area (Å²) in [5.41, 5.74) is 5.65. The minimum atomic E-state index is -0.0730. The average Bonchev–Trinajstić information content (AvgIpc) is 2.89. The van der Waals surface area contributed by atoms with E-state index >= 15 is 0 Å². The molecule has 0 atom stereocenters. The normalized spacial score (nSPS) is 15.0. The number of halogens is 2. The minimum absolute atomic E-state index is 0.0663. The van der Waals surface area contributed by atoms with Gasteiger partial charge in [-0.2, -0.15) is 0 Å². The van der Waals surface area contributed by atoms with Crippen LogP contribution in [0.1, 0.15) is 43.0 Å². The van der Waals surface area contributed by atoms with E-state index in [1.807, 2.05) is 18.2 Å². The highest BCUT2D eigenvalue weighted by Crippen LogP contribution is 2.38. The van der Waals surface area contributed by atoms with Crippen molar-refractivity contribution in [3.63, 3.8) is 0 Å². The van der Waals surface area contributed by atoms with Crippen molar-refractivity contribution in [3.8, 4) is 5.75 Å². The van der Waals surface area contributed by atoms with Gasteiger partial charge in [0.15, 0.2) is 0 Å². The largest absolute Gasteiger partial charge is 0.495 e. The summed E-state index contributed by atoms with van der Waals surface area (Å²) in [6, 6.07) is 10.2. The summed E-state index contributed by atoms with van der Waals surface area (Å²) in [7, 11) is 1.70. The molecule has 1 aliphatic rings. The van der Waals surface area contributed by atoms with Crippen LogP contribution in [0.15, 0.2) is 30.3 Å². The number of hydrogen-bond acceptors (Lipinski definition) is 2. The minimum Gasteiger partial charge on any atom is -0.495 e. The van der Waals surface area contributed by atoms with E-state index in [2.05, 4.69) is 66.9 Å². The second-order valence-corrected chi connectivity index (χ2v) is 9.20. The van der Waals surface area contributed by atoms with Gasteiger partial charge in [-0.25, -0.2) is 0 Å². The summed E-state index contributed by atoms with van der Waals surface area (Å²) >= 11 is 8.17. The number of carbonyl (C=O) groups is 1. The SMILES string of the molecule is COc1c(I)cc(C=C2C(=O)Nc3ccc(CCCl)cc32)cc1C(C)(C)C. The molecule has 27 heavy (non-hydrogen) atoms. The number of aryl methyl sites for hydroxylation is 1. The van der Waals surface area contributed by atoms with E-state index in [0.29, 0.717) is 11.5 Å². The maximum atomic E-state index is 12.6. The zero-order valence-electron chi connectivity index (χ0n) is 16.0. The summed E-state index contributed by atoms with van der Waals surface area (Å²) in [5.74, 6) is 1.38. The lowest BCUT2D eigenvalue weighted by Crippen LogP contribution is -2.14. The zero-order valence-corrected chi connectivity index (χ0v) is 18.9. The third-order valence-corrected chi connectivity index (χ3v) is 5.63. The van der Waals surface area contributed by atoms with Crippen LogP contribution in [0, 0.1) is 3.57 Å². The molecule has 2 aromatic carbocycles. The van der Waals surface area contributed by atoms with Gasteiger partial charge in [-0.1, -0.05) is 26.8 Å². The van der Waals surface area contributed by atoms with Crippen LogP contribution in [-0.4, -0.2) is 18.9 Å². The lowest BCUT2D eigenvalue weighted by molar-refractivity contribution is -0.110. The van der Waals surface area contributed by atoms with Gasteiger partial charge >= 0.3 is 0 Å². The quantitative estimate of drug-likeness (QED) is 0.327. The second kappa shape index (κ2) is 7.84. The molecule has 0 spiro atoms. The Balaban J connectivity index is 2.12. The van der Waals surface area contributed by atoms with Gasteiger partial charge in [0.1, 0.15) is 5.75 Å². The van der Waals surface area contributed by atoms with Crippen molar-refractivity contribution in [2.45, 2.75) is 32.6 Å². The molecule has 0 aromatic heterocycles. The molecule has 142 valence electrons. The summed E-state index contributed by atoms with van der Waals surface area (Å²) in [4.78, 5) is 12.6. The van der Waals surface area contributed by atoms with Crippen molar-refractivity contribution >= 4 is 57.4 Å². The highest BCUT2D eigenvalue weighted by molar-refractivity contribution is 14.1. The van der Waals surface area contributed by atoms with Crippen molar-refractivity contribution in [1.29, 1.82) is 0 Å². The fourth-order valence-electron chi connectivity index (χ4n) is 3.27. The Labute approximate surface area is 179 Å². The number of hydrogen-bond donors (Lipinski definition) is 1. The topological polar surface area (TPSA) is 38.3 Å². The van der Waals surface area contributed by atoms with Crippen LogP contribution in [-0.2, 0) is 16.6 Å². The molecule has 1 amide bonds. The Morgan fingerprint density at radius 1 is 1.22 bits per heavy atom. The van der Waals surface area contributed by atoms with Crippen LogP contribution in [0.3, 0.4) is 0 Å². The van der Waals surface area contributed by atoms with Gasteiger partial charge in [0, 0.05) is 28.3 Å². The van der Waals surface area contributed by atoms with E-state index in [-0.39, 0.29) is 11.3 Å². The number of anilines is 1. The van der Waals surface area contributed by atoms with Crippen LogP contribution in [0.5, 0.6) is 5.75 Å².